The van der Waals surface area contributed by atoms with Crippen molar-refractivity contribution in [2.75, 3.05) is 13.2 Å². The van der Waals surface area contributed by atoms with Crippen LogP contribution < -0.4 is 5.32 Å². The summed E-state index contributed by atoms with van der Waals surface area (Å²) in [5, 5.41) is 39.7. The van der Waals surface area contributed by atoms with E-state index in [9.17, 15) is 20.1 Å². The lowest BCUT2D eigenvalue weighted by Crippen LogP contribution is -2.64. The quantitative estimate of drug-likeness (QED) is 0.346. The van der Waals surface area contributed by atoms with Crippen LogP contribution in [0.5, 0.6) is 0 Å². The number of terminal acetylenes is 1. The molecule has 1 aliphatic heterocycles. The number of aliphatic hydroxyl groups is 4. The van der Waals surface area contributed by atoms with Gasteiger partial charge in [-0.2, -0.15) is 0 Å². The predicted molar refractivity (Wildman–Crippen MR) is 57.1 cm³/mol. The number of alkyl carbamates (subject to hydrolysis) is 1. The van der Waals surface area contributed by atoms with Crippen LogP contribution in [0.1, 0.15) is 0 Å². The van der Waals surface area contributed by atoms with Gasteiger partial charge in [0.05, 0.1) is 6.61 Å². The maximum absolute atomic E-state index is 11.2. The van der Waals surface area contributed by atoms with Gasteiger partial charge in [0.2, 0.25) is 0 Å². The van der Waals surface area contributed by atoms with Crippen molar-refractivity contribution in [2.24, 2.45) is 0 Å². The van der Waals surface area contributed by atoms with Gasteiger partial charge < -0.3 is 35.2 Å². The summed E-state index contributed by atoms with van der Waals surface area (Å²) < 4.78 is 9.31. The van der Waals surface area contributed by atoms with Gasteiger partial charge in [-0.3, -0.25) is 0 Å². The minimum Gasteiger partial charge on any atom is -0.436 e. The first-order chi connectivity index (χ1) is 8.51. The Balaban J connectivity index is 2.60. The Morgan fingerprint density at radius 3 is 2.61 bits per heavy atom. The average Bonchev–Trinajstić information content (AvgIpc) is 2.36. The fourth-order valence-corrected chi connectivity index (χ4v) is 1.54. The summed E-state index contributed by atoms with van der Waals surface area (Å²) in [6, 6.07) is -1.28. The van der Waals surface area contributed by atoms with Crippen LogP contribution >= 0.6 is 0 Å². The second kappa shape index (κ2) is 6.53. The number of rotatable bonds is 3. The van der Waals surface area contributed by atoms with Crippen LogP contribution in [-0.4, -0.2) is 70.4 Å². The van der Waals surface area contributed by atoms with Gasteiger partial charge >= 0.3 is 6.09 Å². The summed E-state index contributed by atoms with van der Waals surface area (Å²) in [7, 11) is 0. The summed E-state index contributed by atoms with van der Waals surface area (Å²) >= 11 is 0. The molecule has 0 spiro atoms. The molecule has 1 saturated heterocycles. The normalized spacial score (nSPS) is 35.6. The van der Waals surface area contributed by atoms with Crippen molar-refractivity contribution in [3.63, 3.8) is 0 Å². The van der Waals surface area contributed by atoms with E-state index in [-0.39, 0.29) is 6.61 Å². The highest BCUT2D eigenvalue weighted by Crippen LogP contribution is 2.19. The van der Waals surface area contributed by atoms with Crippen molar-refractivity contribution >= 4 is 6.09 Å². The SMILES string of the molecule is C#CCOC(=O)N[C@@H]1C(O)O[C@H](CO)[C@@H](O)[C@@H]1O. The van der Waals surface area contributed by atoms with Gasteiger partial charge in [-0.25, -0.2) is 4.79 Å². The van der Waals surface area contributed by atoms with E-state index in [1.165, 1.54) is 0 Å². The Labute approximate surface area is 103 Å². The Morgan fingerprint density at radius 1 is 1.39 bits per heavy atom. The first-order valence-electron chi connectivity index (χ1n) is 5.18. The zero-order valence-corrected chi connectivity index (χ0v) is 9.39. The van der Waals surface area contributed by atoms with Gasteiger partial charge in [0.25, 0.3) is 0 Å². The van der Waals surface area contributed by atoms with Crippen molar-refractivity contribution in [3.8, 4) is 12.3 Å². The third-order valence-corrected chi connectivity index (χ3v) is 2.47. The molecule has 5 N–H and O–H groups in total. The minimum atomic E-state index is -1.58. The van der Waals surface area contributed by atoms with Crippen LogP contribution in [0.25, 0.3) is 0 Å². The summed E-state index contributed by atoms with van der Waals surface area (Å²) in [6.45, 7) is -0.850. The number of hydrogen-bond acceptors (Lipinski definition) is 7. The molecule has 0 aromatic heterocycles. The van der Waals surface area contributed by atoms with E-state index in [1.807, 2.05) is 0 Å². The maximum atomic E-state index is 11.2. The Kier molecular flexibility index (Phi) is 5.33. The highest BCUT2D eigenvalue weighted by atomic mass is 16.6. The van der Waals surface area contributed by atoms with Crippen molar-refractivity contribution in [1.82, 2.24) is 5.32 Å². The van der Waals surface area contributed by atoms with E-state index < -0.39 is 43.3 Å². The lowest BCUT2D eigenvalue weighted by molar-refractivity contribution is -0.253. The summed E-state index contributed by atoms with van der Waals surface area (Å²) in [4.78, 5) is 11.2. The topological polar surface area (TPSA) is 128 Å². The van der Waals surface area contributed by atoms with E-state index in [4.69, 9.17) is 16.3 Å². The molecule has 0 radical (unpaired) electrons. The van der Waals surface area contributed by atoms with Crippen molar-refractivity contribution < 1.29 is 34.7 Å². The van der Waals surface area contributed by atoms with Crippen LogP contribution in [-0.2, 0) is 9.47 Å². The molecule has 0 saturated carbocycles. The molecule has 0 bridgehead atoms. The van der Waals surface area contributed by atoms with E-state index >= 15 is 0 Å². The third-order valence-electron chi connectivity index (χ3n) is 2.47. The van der Waals surface area contributed by atoms with E-state index in [0.717, 1.165) is 0 Å². The van der Waals surface area contributed by atoms with Crippen molar-refractivity contribution in [3.05, 3.63) is 0 Å². The van der Waals surface area contributed by atoms with Crippen LogP contribution in [0, 0.1) is 12.3 Å². The van der Waals surface area contributed by atoms with Gasteiger partial charge in [-0.1, -0.05) is 5.92 Å². The fourth-order valence-electron chi connectivity index (χ4n) is 1.54. The molecule has 0 aliphatic carbocycles. The van der Waals surface area contributed by atoms with E-state index in [2.05, 4.69) is 16.0 Å². The van der Waals surface area contributed by atoms with Gasteiger partial charge in [0.1, 0.15) is 24.4 Å². The molecule has 0 aromatic carbocycles. The monoisotopic (exact) mass is 261 g/mol. The van der Waals surface area contributed by atoms with Crippen molar-refractivity contribution in [1.29, 1.82) is 0 Å². The molecular formula is C10H15NO7. The first-order valence-corrected chi connectivity index (χ1v) is 5.18. The van der Waals surface area contributed by atoms with Gasteiger partial charge in [-0.05, 0) is 0 Å². The molecule has 0 aromatic rings. The number of ether oxygens (including phenoxy) is 2. The van der Waals surface area contributed by atoms with Gasteiger partial charge in [0.15, 0.2) is 12.9 Å². The summed E-state index contributed by atoms with van der Waals surface area (Å²) in [5.41, 5.74) is 0. The molecule has 5 atom stereocenters. The number of carbonyl (C=O) groups excluding carboxylic acids is 1. The largest absolute Gasteiger partial charge is 0.436 e. The minimum absolute atomic E-state index is 0.270. The summed E-state index contributed by atoms with van der Waals surface area (Å²) in [6.07, 6.45) is -1.76. The van der Waals surface area contributed by atoms with Crippen LogP contribution in [0.4, 0.5) is 4.79 Å². The van der Waals surface area contributed by atoms with Crippen molar-refractivity contribution in [2.45, 2.75) is 30.6 Å². The number of aliphatic hydroxyl groups excluding tert-OH is 4. The molecule has 102 valence electrons. The van der Waals surface area contributed by atoms with E-state index in [0.29, 0.717) is 0 Å². The highest BCUT2D eigenvalue weighted by molar-refractivity contribution is 5.68. The maximum Gasteiger partial charge on any atom is 0.408 e. The predicted octanol–water partition coefficient (Wildman–Crippen LogP) is -2.85. The second-order valence-electron chi connectivity index (χ2n) is 3.68. The number of hydrogen-bond donors (Lipinski definition) is 5. The molecule has 1 heterocycles. The number of nitrogens with one attached hydrogen (secondary N) is 1. The first kappa shape index (κ1) is 14.7. The molecule has 1 unspecified atom stereocenters. The van der Waals surface area contributed by atoms with Gasteiger partial charge in [-0.15, -0.1) is 6.42 Å². The lowest BCUT2D eigenvalue weighted by atomic mass is 9.97. The Hall–Kier alpha value is -1.37. The smallest absolute Gasteiger partial charge is 0.408 e. The summed E-state index contributed by atoms with van der Waals surface area (Å²) in [5.74, 6) is 2.06. The highest BCUT2D eigenvalue weighted by Gasteiger charge is 2.44. The van der Waals surface area contributed by atoms with Gasteiger partial charge in [0, 0.05) is 0 Å². The standard InChI is InChI=1S/C10H15NO7/c1-2-3-17-10(16)11-6-8(14)7(13)5(4-12)18-9(6)15/h1,5-9,12-15H,3-4H2,(H,11,16)/t5-,6+,7-,8-,9?/m1/s1. The fraction of sp³-hybridized carbons (Fsp3) is 0.700. The molecule has 18 heavy (non-hydrogen) atoms. The van der Waals surface area contributed by atoms with Crippen LogP contribution in [0.3, 0.4) is 0 Å². The average molecular weight is 261 g/mol. The Bertz CT molecular complexity index is 329. The molecule has 1 rings (SSSR count). The third kappa shape index (κ3) is 3.32. The molecule has 8 heteroatoms. The second-order valence-corrected chi connectivity index (χ2v) is 3.68. The zero-order chi connectivity index (χ0) is 13.7. The number of carbonyl (C=O) groups is 1. The molecular weight excluding hydrogens is 246 g/mol. The number of amides is 1. The molecule has 8 nitrogen and oxygen atoms in total. The van der Waals surface area contributed by atoms with Crippen LogP contribution in [0.15, 0.2) is 0 Å². The van der Waals surface area contributed by atoms with Crippen LogP contribution in [0.2, 0.25) is 0 Å². The lowest BCUT2D eigenvalue weighted by Gasteiger charge is -2.39. The van der Waals surface area contributed by atoms with E-state index in [1.54, 1.807) is 0 Å². The Morgan fingerprint density at radius 2 is 2.06 bits per heavy atom. The molecule has 1 amide bonds. The zero-order valence-electron chi connectivity index (χ0n) is 9.39. The molecule has 1 aliphatic rings. The molecule has 1 fully saturated rings.